The van der Waals surface area contributed by atoms with Gasteiger partial charge < -0.3 is 4.57 Å². The number of ketones is 2. The molecule has 0 aliphatic heterocycles. The highest BCUT2D eigenvalue weighted by Gasteiger charge is 2.21. The van der Waals surface area contributed by atoms with E-state index in [1.54, 1.807) is 6.07 Å². The van der Waals surface area contributed by atoms with Crippen LogP contribution >= 0.6 is 0 Å². The van der Waals surface area contributed by atoms with Crippen molar-refractivity contribution in [2.24, 2.45) is 5.92 Å². The summed E-state index contributed by atoms with van der Waals surface area (Å²) >= 11 is 0. The van der Waals surface area contributed by atoms with Gasteiger partial charge in [0.1, 0.15) is 0 Å². The van der Waals surface area contributed by atoms with Crippen molar-refractivity contribution in [3.8, 4) is 0 Å². The topological polar surface area (TPSA) is 56.1 Å². The molecule has 38 heavy (non-hydrogen) atoms. The Morgan fingerprint density at radius 3 is 2.61 bits per heavy atom. The molecule has 0 radical (unpaired) electrons. The van der Waals surface area contributed by atoms with Crippen molar-refractivity contribution in [3.05, 3.63) is 116 Å². The highest BCUT2D eigenvalue weighted by Crippen LogP contribution is 2.30. The summed E-state index contributed by atoms with van der Waals surface area (Å²) < 4.78 is 28.7. The molecule has 3 aromatic rings. The Labute approximate surface area is 221 Å². The van der Waals surface area contributed by atoms with E-state index in [1.807, 2.05) is 30.4 Å². The first kappa shape index (κ1) is 27.1. The second kappa shape index (κ2) is 11.6. The number of allylic oxidation sites excluding steroid dienone is 3. The Kier molecular flexibility index (Phi) is 8.30. The van der Waals surface area contributed by atoms with Crippen LogP contribution in [0.1, 0.15) is 71.3 Å². The van der Waals surface area contributed by atoms with Gasteiger partial charge in [-0.25, -0.2) is 8.78 Å². The summed E-state index contributed by atoms with van der Waals surface area (Å²) in [7, 11) is 0. The molecule has 4 nitrogen and oxygen atoms in total. The van der Waals surface area contributed by atoms with E-state index in [1.165, 1.54) is 29.8 Å². The number of fused-ring (bicyclic) bond motifs is 1. The Morgan fingerprint density at radius 2 is 1.87 bits per heavy atom. The number of rotatable bonds is 8. The lowest BCUT2D eigenvalue weighted by molar-refractivity contribution is -0.113. The van der Waals surface area contributed by atoms with Crippen LogP contribution in [0.15, 0.2) is 65.6 Å². The van der Waals surface area contributed by atoms with Crippen molar-refractivity contribution in [1.82, 2.24) is 4.57 Å². The number of carbonyl (C=O) groups excluding carboxylic acids is 2. The first-order valence-electron chi connectivity index (χ1n) is 12.9. The molecule has 0 bridgehead atoms. The van der Waals surface area contributed by atoms with E-state index in [0.717, 1.165) is 28.3 Å². The van der Waals surface area contributed by atoms with Crippen molar-refractivity contribution >= 4 is 23.2 Å². The summed E-state index contributed by atoms with van der Waals surface area (Å²) in [5.74, 6) is -1.67. The molecule has 0 N–H and O–H groups in total. The Bertz CT molecular complexity index is 1490. The predicted molar refractivity (Wildman–Crippen MR) is 146 cm³/mol. The summed E-state index contributed by atoms with van der Waals surface area (Å²) in [5, 5.41) is 0. The molecule has 0 atom stereocenters. The van der Waals surface area contributed by atoms with E-state index in [4.69, 9.17) is 0 Å². The van der Waals surface area contributed by atoms with Gasteiger partial charge in [0.25, 0.3) is 5.56 Å². The molecule has 0 saturated heterocycles. The van der Waals surface area contributed by atoms with E-state index in [2.05, 4.69) is 19.9 Å². The van der Waals surface area contributed by atoms with E-state index < -0.39 is 17.2 Å². The minimum atomic E-state index is -0.966. The Morgan fingerprint density at radius 1 is 1.08 bits per heavy atom. The zero-order valence-electron chi connectivity index (χ0n) is 21.9. The molecule has 1 aromatic heterocycles. The van der Waals surface area contributed by atoms with Gasteiger partial charge >= 0.3 is 0 Å². The number of halogens is 2. The molecule has 6 heteroatoms. The van der Waals surface area contributed by atoms with Crippen molar-refractivity contribution in [1.29, 1.82) is 0 Å². The van der Waals surface area contributed by atoms with Crippen LogP contribution in [0.3, 0.4) is 0 Å². The second-order valence-electron chi connectivity index (χ2n) is 10.1. The number of carbonyl (C=O) groups is 2. The molecule has 0 spiro atoms. The summed E-state index contributed by atoms with van der Waals surface area (Å²) in [5.41, 5.74) is 4.16. The number of Topliss-reactive ketones (excluding diaryl/α,β-unsaturated/α-hetero) is 2. The third kappa shape index (κ3) is 6.13. The van der Waals surface area contributed by atoms with E-state index in [9.17, 15) is 23.2 Å². The fourth-order valence-electron chi connectivity index (χ4n) is 4.76. The van der Waals surface area contributed by atoms with Gasteiger partial charge in [-0.3, -0.25) is 14.4 Å². The first-order valence-corrected chi connectivity index (χ1v) is 12.9. The molecule has 1 aliphatic rings. The second-order valence-corrected chi connectivity index (χ2v) is 10.1. The third-order valence-corrected chi connectivity index (χ3v) is 6.63. The zero-order chi connectivity index (χ0) is 27.4. The monoisotopic (exact) mass is 515 g/mol. The highest BCUT2D eigenvalue weighted by atomic mass is 19.2. The number of pyridine rings is 1. The molecule has 0 fully saturated rings. The molecule has 4 rings (SSSR count). The first-order chi connectivity index (χ1) is 18.1. The maximum absolute atomic E-state index is 13.8. The lowest BCUT2D eigenvalue weighted by Gasteiger charge is -2.19. The lowest BCUT2D eigenvalue weighted by atomic mass is 9.84. The van der Waals surface area contributed by atoms with Crippen LogP contribution in [0.5, 0.6) is 0 Å². The van der Waals surface area contributed by atoms with Crippen LogP contribution in [0, 0.1) is 24.5 Å². The zero-order valence-corrected chi connectivity index (χ0v) is 21.9. The fourth-order valence-corrected chi connectivity index (χ4v) is 4.76. The van der Waals surface area contributed by atoms with Gasteiger partial charge in [0, 0.05) is 24.6 Å². The molecular formula is C32H31F2NO3. The molecule has 2 aromatic carbocycles. The maximum Gasteiger partial charge on any atom is 0.261 e. The summed E-state index contributed by atoms with van der Waals surface area (Å²) in [6.07, 6.45) is 9.27. The number of aryl methyl sites for hydroxylation is 2. The number of nitrogens with zero attached hydrogens (tertiary/aromatic N) is 1. The van der Waals surface area contributed by atoms with Crippen molar-refractivity contribution in [2.45, 2.75) is 53.0 Å². The third-order valence-electron chi connectivity index (χ3n) is 6.63. The van der Waals surface area contributed by atoms with Gasteiger partial charge in [-0.1, -0.05) is 56.3 Å². The molecule has 0 amide bonds. The van der Waals surface area contributed by atoms with E-state index in [-0.39, 0.29) is 35.7 Å². The summed E-state index contributed by atoms with van der Waals surface area (Å²) in [4.78, 5) is 38.1. The average molecular weight is 516 g/mol. The van der Waals surface area contributed by atoms with Crippen LogP contribution < -0.4 is 5.56 Å². The van der Waals surface area contributed by atoms with E-state index >= 15 is 0 Å². The molecule has 0 saturated carbocycles. The number of hydrogen-bond acceptors (Lipinski definition) is 3. The highest BCUT2D eigenvalue weighted by molar-refractivity contribution is 6.22. The van der Waals surface area contributed by atoms with Crippen LogP contribution in [0.2, 0.25) is 0 Å². The quantitative estimate of drug-likeness (QED) is 0.247. The number of hydrogen-bond donors (Lipinski definition) is 0. The van der Waals surface area contributed by atoms with Gasteiger partial charge in [0.2, 0.25) is 0 Å². The molecule has 196 valence electrons. The predicted octanol–water partition coefficient (Wildman–Crippen LogP) is 6.71. The molecule has 0 unspecified atom stereocenters. The van der Waals surface area contributed by atoms with Gasteiger partial charge in [-0.2, -0.15) is 0 Å². The van der Waals surface area contributed by atoms with Crippen LogP contribution in [-0.4, -0.2) is 16.1 Å². The largest absolute Gasteiger partial charge is 0.310 e. The number of aromatic nitrogens is 1. The summed E-state index contributed by atoms with van der Waals surface area (Å²) in [6, 6.07) is 11.7. The molecule has 1 aliphatic carbocycles. The normalized spacial score (nSPS) is 14.5. The maximum atomic E-state index is 13.8. The minimum absolute atomic E-state index is 0.0376. The van der Waals surface area contributed by atoms with Crippen molar-refractivity contribution in [2.75, 3.05) is 0 Å². The van der Waals surface area contributed by atoms with Crippen molar-refractivity contribution < 1.29 is 18.4 Å². The van der Waals surface area contributed by atoms with Gasteiger partial charge in [0.05, 0.1) is 12.1 Å². The Balaban J connectivity index is 1.41. The van der Waals surface area contributed by atoms with Gasteiger partial charge in [-0.05, 0) is 71.7 Å². The molecule has 1 heterocycles. The van der Waals surface area contributed by atoms with Crippen LogP contribution in [0.25, 0.3) is 11.6 Å². The number of benzene rings is 2. The fraction of sp³-hybridized carbons (Fsp3) is 0.281. The Hall–Kier alpha value is -3.93. The average Bonchev–Trinajstić information content (AvgIpc) is 2.87. The molecular weight excluding hydrogens is 484 g/mol. The van der Waals surface area contributed by atoms with Gasteiger partial charge in [0.15, 0.2) is 23.2 Å². The van der Waals surface area contributed by atoms with Crippen LogP contribution in [0.4, 0.5) is 8.78 Å². The summed E-state index contributed by atoms with van der Waals surface area (Å²) in [6.45, 7) is 5.62. The lowest BCUT2D eigenvalue weighted by Crippen LogP contribution is -2.26. The SMILES string of the molecule is Cc1cc(Cn2cccc(C(=O)CC/C=C/c3ccc4c(c3)CCC(=O)/C4=C/C(C)C)c2=O)cc(F)c1F. The standard InChI is InChI=1S/C32H31F2NO3/c1-20(2)15-27-25-12-10-22(17-24(25)11-13-30(27)37)7-4-5-9-29(36)26-8-6-14-35(32(26)38)19-23-16-21(3)31(34)28(33)18-23/h4,6-8,10,12,14-18,20H,5,9,11,13,19H2,1-3H3/b7-4+,27-15+. The van der Waals surface area contributed by atoms with Crippen molar-refractivity contribution in [3.63, 3.8) is 0 Å². The van der Waals surface area contributed by atoms with Gasteiger partial charge in [-0.15, -0.1) is 0 Å². The van der Waals surface area contributed by atoms with E-state index in [0.29, 0.717) is 30.7 Å². The smallest absolute Gasteiger partial charge is 0.261 e. The minimum Gasteiger partial charge on any atom is -0.310 e. The van der Waals surface area contributed by atoms with Crippen LogP contribution in [-0.2, 0) is 17.8 Å².